The molecule has 1 fully saturated rings. The van der Waals surface area contributed by atoms with E-state index in [9.17, 15) is 4.79 Å². The van der Waals surface area contributed by atoms with Gasteiger partial charge in [0.25, 0.3) is 0 Å². The van der Waals surface area contributed by atoms with Crippen molar-refractivity contribution in [1.29, 1.82) is 0 Å². The Kier molecular flexibility index (Phi) is 17.5. The lowest BCUT2D eigenvalue weighted by atomic mass is 10.1. The Hall–Kier alpha value is -0.870. The summed E-state index contributed by atoms with van der Waals surface area (Å²) in [5.74, 6) is 0.229. The predicted octanol–water partition coefficient (Wildman–Crippen LogP) is 5.05. The second kappa shape index (κ2) is 19.4. The minimum atomic E-state index is 0.229. The first-order valence-electron chi connectivity index (χ1n) is 12.2. The Morgan fingerprint density at radius 2 is 1.43 bits per heavy atom. The SMILES string of the molecule is CCCCCCCCC=CCCCCCCCC(=O)NCCN1CCNCC1. The van der Waals surface area contributed by atoms with Crippen LogP contribution < -0.4 is 10.6 Å². The molecule has 0 aliphatic carbocycles. The molecule has 0 bridgehead atoms. The molecule has 1 aliphatic rings. The molecule has 0 saturated carbocycles. The highest BCUT2D eigenvalue weighted by Gasteiger charge is 2.09. The Morgan fingerprint density at radius 3 is 2.07 bits per heavy atom. The van der Waals surface area contributed by atoms with Crippen molar-refractivity contribution in [2.45, 2.75) is 96.8 Å². The summed E-state index contributed by atoms with van der Waals surface area (Å²) >= 11 is 0. The average molecular weight is 394 g/mol. The number of carbonyl (C=O) groups excluding carboxylic acids is 1. The van der Waals surface area contributed by atoms with Crippen LogP contribution in [0.3, 0.4) is 0 Å². The van der Waals surface area contributed by atoms with Crippen molar-refractivity contribution in [3.8, 4) is 0 Å². The molecule has 0 aromatic heterocycles. The molecule has 164 valence electrons. The fraction of sp³-hybridized carbons (Fsp3) is 0.875. The van der Waals surface area contributed by atoms with Crippen LogP contribution in [0.4, 0.5) is 0 Å². The Bertz CT molecular complexity index is 378. The van der Waals surface area contributed by atoms with Crippen molar-refractivity contribution in [3.05, 3.63) is 12.2 Å². The molecule has 4 heteroatoms. The van der Waals surface area contributed by atoms with Gasteiger partial charge in [-0.1, -0.05) is 70.4 Å². The van der Waals surface area contributed by atoms with Crippen molar-refractivity contribution < 1.29 is 4.79 Å². The van der Waals surface area contributed by atoms with Gasteiger partial charge in [-0.25, -0.2) is 0 Å². The fourth-order valence-corrected chi connectivity index (χ4v) is 3.73. The van der Waals surface area contributed by atoms with Crippen molar-refractivity contribution >= 4 is 5.91 Å². The molecule has 28 heavy (non-hydrogen) atoms. The Morgan fingerprint density at radius 1 is 0.857 bits per heavy atom. The van der Waals surface area contributed by atoms with Gasteiger partial charge in [-0.05, 0) is 32.1 Å². The monoisotopic (exact) mass is 393 g/mol. The fourth-order valence-electron chi connectivity index (χ4n) is 3.73. The van der Waals surface area contributed by atoms with Crippen molar-refractivity contribution in [1.82, 2.24) is 15.5 Å². The van der Waals surface area contributed by atoms with E-state index in [4.69, 9.17) is 0 Å². The number of hydrogen-bond donors (Lipinski definition) is 2. The molecule has 0 radical (unpaired) electrons. The number of rotatable bonds is 18. The molecular weight excluding hydrogens is 346 g/mol. The summed E-state index contributed by atoms with van der Waals surface area (Å²) in [6.07, 6.45) is 22.3. The molecule has 2 N–H and O–H groups in total. The number of nitrogens with zero attached hydrogens (tertiary/aromatic N) is 1. The third kappa shape index (κ3) is 16.1. The Balaban J connectivity index is 1.77. The number of allylic oxidation sites excluding steroid dienone is 2. The second-order valence-corrected chi connectivity index (χ2v) is 8.28. The minimum Gasteiger partial charge on any atom is -0.355 e. The number of hydrogen-bond acceptors (Lipinski definition) is 3. The topological polar surface area (TPSA) is 44.4 Å². The molecule has 1 rings (SSSR count). The van der Waals surface area contributed by atoms with Crippen LogP contribution in [-0.2, 0) is 4.79 Å². The van der Waals surface area contributed by atoms with Crippen LogP contribution in [0.5, 0.6) is 0 Å². The second-order valence-electron chi connectivity index (χ2n) is 8.28. The molecule has 1 amide bonds. The van der Waals surface area contributed by atoms with E-state index in [1.165, 1.54) is 77.0 Å². The lowest BCUT2D eigenvalue weighted by molar-refractivity contribution is -0.121. The van der Waals surface area contributed by atoms with Gasteiger partial charge in [0, 0.05) is 45.7 Å². The quantitative estimate of drug-likeness (QED) is 0.253. The van der Waals surface area contributed by atoms with Gasteiger partial charge in [-0.15, -0.1) is 0 Å². The number of carbonyl (C=O) groups is 1. The van der Waals surface area contributed by atoms with Gasteiger partial charge in [0.05, 0.1) is 0 Å². The van der Waals surface area contributed by atoms with Gasteiger partial charge in [-0.3, -0.25) is 9.69 Å². The maximum Gasteiger partial charge on any atom is 0.220 e. The van der Waals surface area contributed by atoms with E-state index < -0.39 is 0 Å². The maximum absolute atomic E-state index is 11.9. The van der Waals surface area contributed by atoms with E-state index in [2.05, 4.69) is 34.6 Å². The van der Waals surface area contributed by atoms with Crippen LogP contribution >= 0.6 is 0 Å². The minimum absolute atomic E-state index is 0.229. The summed E-state index contributed by atoms with van der Waals surface area (Å²) in [4.78, 5) is 14.3. The molecule has 4 nitrogen and oxygen atoms in total. The van der Waals surface area contributed by atoms with E-state index in [0.29, 0.717) is 6.42 Å². The zero-order chi connectivity index (χ0) is 20.1. The van der Waals surface area contributed by atoms with Gasteiger partial charge >= 0.3 is 0 Å². The van der Waals surface area contributed by atoms with Gasteiger partial charge < -0.3 is 10.6 Å². The van der Waals surface area contributed by atoms with Crippen LogP contribution in [0.2, 0.25) is 0 Å². The number of nitrogens with one attached hydrogen (secondary N) is 2. The lowest BCUT2D eigenvalue weighted by Gasteiger charge is -2.27. The third-order valence-corrected chi connectivity index (χ3v) is 5.63. The summed E-state index contributed by atoms with van der Waals surface area (Å²) in [6, 6.07) is 0. The zero-order valence-electron chi connectivity index (χ0n) is 18.7. The summed E-state index contributed by atoms with van der Waals surface area (Å²) < 4.78 is 0. The maximum atomic E-state index is 11.9. The van der Waals surface area contributed by atoms with Crippen LogP contribution in [0.15, 0.2) is 12.2 Å². The van der Waals surface area contributed by atoms with Crippen molar-refractivity contribution in [3.63, 3.8) is 0 Å². The highest BCUT2D eigenvalue weighted by Crippen LogP contribution is 2.09. The van der Waals surface area contributed by atoms with Gasteiger partial charge in [0.2, 0.25) is 5.91 Å². The molecule has 0 spiro atoms. The molecular formula is C24H47N3O. The van der Waals surface area contributed by atoms with E-state index in [0.717, 1.165) is 45.7 Å². The largest absolute Gasteiger partial charge is 0.355 e. The lowest BCUT2D eigenvalue weighted by Crippen LogP contribution is -2.46. The van der Waals surface area contributed by atoms with Crippen molar-refractivity contribution in [2.24, 2.45) is 0 Å². The highest BCUT2D eigenvalue weighted by molar-refractivity contribution is 5.75. The van der Waals surface area contributed by atoms with Crippen LogP contribution in [0, 0.1) is 0 Å². The molecule has 0 aromatic rings. The molecule has 0 unspecified atom stereocenters. The van der Waals surface area contributed by atoms with Crippen LogP contribution in [0.1, 0.15) is 96.8 Å². The van der Waals surface area contributed by atoms with E-state index in [1.54, 1.807) is 0 Å². The molecule has 0 aromatic carbocycles. The smallest absolute Gasteiger partial charge is 0.220 e. The summed E-state index contributed by atoms with van der Waals surface area (Å²) in [5.41, 5.74) is 0. The first-order chi connectivity index (χ1) is 13.8. The summed E-state index contributed by atoms with van der Waals surface area (Å²) in [7, 11) is 0. The molecule has 0 atom stereocenters. The van der Waals surface area contributed by atoms with Crippen LogP contribution in [0.25, 0.3) is 0 Å². The van der Waals surface area contributed by atoms with Crippen LogP contribution in [-0.4, -0.2) is 50.1 Å². The summed E-state index contributed by atoms with van der Waals surface area (Å²) in [5, 5.41) is 6.42. The zero-order valence-corrected chi connectivity index (χ0v) is 18.7. The van der Waals surface area contributed by atoms with E-state index in [-0.39, 0.29) is 5.91 Å². The third-order valence-electron chi connectivity index (χ3n) is 5.63. The van der Waals surface area contributed by atoms with E-state index in [1.807, 2.05) is 0 Å². The number of unbranched alkanes of at least 4 members (excludes halogenated alkanes) is 11. The standard InChI is InChI=1S/C24H47N3O/c1-2-3-4-5-6-7-8-9-10-11-12-13-14-15-16-17-24(28)26-20-23-27-21-18-25-19-22-27/h9-10,25H,2-8,11-23H2,1H3,(H,26,28). The molecule has 1 aliphatic heterocycles. The molecule has 1 heterocycles. The van der Waals surface area contributed by atoms with Gasteiger partial charge in [0.15, 0.2) is 0 Å². The normalized spacial score (nSPS) is 15.3. The Labute approximate surface area is 174 Å². The molecule has 1 saturated heterocycles. The first kappa shape index (κ1) is 25.2. The average Bonchev–Trinajstić information content (AvgIpc) is 2.71. The number of piperazine rings is 1. The van der Waals surface area contributed by atoms with Gasteiger partial charge in [0.1, 0.15) is 0 Å². The number of amides is 1. The predicted molar refractivity (Wildman–Crippen MR) is 122 cm³/mol. The first-order valence-corrected chi connectivity index (χ1v) is 12.2. The van der Waals surface area contributed by atoms with E-state index >= 15 is 0 Å². The highest BCUT2D eigenvalue weighted by atomic mass is 16.1. The van der Waals surface area contributed by atoms with Gasteiger partial charge in [-0.2, -0.15) is 0 Å². The summed E-state index contributed by atoms with van der Waals surface area (Å²) in [6.45, 7) is 8.40. The van der Waals surface area contributed by atoms with Crippen molar-refractivity contribution in [2.75, 3.05) is 39.3 Å².